The van der Waals surface area contributed by atoms with Crippen LogP contribution in [0.4, 0.5) is 0 Å². The van der Waals surface area contributed by atoms with Crippen molar-refractivity contribution in [2.45, 2.75) is 52.5 Å². The van der Waals surface area contributed by atoms with Gasteiger partial charge < -0.3 is 10.4 Å². The van der Waals surface area contributed by atoms with Crippen LogP contribution in [0.2, 0.25) is 0 Å². The van der Waals surface area contributed by atoms with Crippen LogP contribution in [0.15, 0.2) is 18.2 Å². The zero-order chi connectivity index (χ0) is 15.1. The lowest BCUT2D eigenvalue weighted by molar-refractivity contribution is -0.137. The molecule has 20 heavy (non-hydrogen) atoms. The molecule has 1 unspecified atom stereocenters. The smallest absolute Gasteiger partial charge is 0.303 e. The van der Waals surface area contributed by atoms with E-state index < -0.39 is 5.97 Å². The van der Waals surface area contributed by atoms with Crippen LogP contribution in [0.5, 0.6) is 0 Å². The zero-order valence-electron chi connectivity index (χ0n) is 12.4. The van der Waals surface area contributed by atoms with E-state index in [9.17, 15) is 9.59 Å². The van der Waals surface area contributed by atoms with Crippen molar-refractivity contribution in [1.82, 2.24) is 5.32 Å². The second-order valence-electron chi connectivity index (χ2n) is 5.36. The highest BCUT2D eigenvalue weighted by Gasteiger charge is 2.10. The highest BCUT2D eigenvalue weighted by Crippen LogP contribution is 2.11. The van der Waals surface area contributed by atoms with Gasteiger partial charge in [-0.15, -0.1) is 0 Å². The molecular weight excluding hydrogens is 254 g/mol. The van der Waals surface area contributed by atoms with Gasteiger partial charge in [-0.05, 0) is 44.7 Å². The van der Waals surface area contributed by atoms with E-state index in [1.807, 2.05) is 39.0 Å². The number of carboxylic acids is 1. The third-order valence-corrected chi connectivity index (χ3v) is 3.29. The SMILES string of the molecule is Cc1ccc(C)c(CC(=O)NC(C)CCCC(=O)O)c1. The Labute approximate surface area is 120 Å². The van der Waals surface area contributed by atoms with Gasteiger partial charge in [0.05, 0.1) is 6.42 Å². The fourth-order valence-corrected chi connectivity index (χ4v) is 2.12. The highest BCUT2D eigenvalue weighted by molar-refractivity contribution is 5.79. The molecule has 1 aromatic carbocycles. The molecule has 2 N–H and O–H groups in total. The summed E-state index contributed by atoms with van der Waals surface area (Å²) in [5, 5.41) is 11.5. The van der Waals surface area contributed by atoms with E-state index in [1.165, 1.54) is 0 Å². The van der Waals surface area contributed by atoms with Gasteiger partial charge in [0.15, 0.2) is 0 Å². The standard InChI is InChI=1S/C16H23NO3/c1-11-7-8-12(2)14(9-11)10-15(18)17-13(3)5-4-6-16(19)20/h7-9,13H,4-6,10H2,1-3H3,(H,17,18)(H,19,20). The molecule has 0 aliphatic rings. The van der Waals surface area contributed by atoms with Crippen LogP contribution in [0.3, 0.4) is 0 Å². The van der Waals surface area contributed by atoms with Gasteiger partial charge >= 0.3 is 5.97 Å². The number of hydrogen-bond donors (Lipinski definition) is 2. The summed E-state index contributed by atoms with van der Waals surface area (Å²) in [6.45, 7) is 5.91. The molecule has 110 valence electrons. The van der Waals surface area contributed by atoms with E-state index in [1.54, 1.807) is 0 Å². The number of aliphatic carboxylic acids is 1. The Morgan fingerprint density at radius 3 is 2.65 bits per heavy atom. The largest absolute Gasteiger partial charge is 0.481 e. The molecule has 1 atom stereocenters. The average molecular weight is 277 g/mol. The van der Waals surface area contributed by atoms with Gasteiger partial charge in [0, 0.05) is 12.5 Å². The van der Waals surface area contributed by atoms with Crippen molar-refractivity contribution in [1.29, 1.82) is 0 Å². The fourth-order valence-electron chi connectivity index (χ4n) is 2.12. The summed E-state index contributed by atoms with van der Waals surface area (Å²) in [5.74, 6) is -0.805. The fraction of sp³-hybridized carbons (Fsp3) is 0.500. The Kier molecular flexibility index (Phi) is 6.22. The molecule has 0 heterocycles. The lowest BCUT2D eigenvalue weighted by Gasteiger charge is -2.14. The maximum atomic E-state index is 12.0. The number of aryl methyl sites for hydroxylation is 2. The third kappa shape index (κ3) is 5.87. The molecule has 0 aliphatic carbocycles. The summed E-state index contributed by atoms with van der Waals surface area (Å²) < 4.78 is 0. The van der Waals surface area contributed by atoms with Crippen molar-refractivity contribution >= 4 is 11.9 Å². The summed E-state index contributed by atoms with van der Waals surface area (Å²) in [4.78, 5) is 22.4. The van der Waals surface area contributed by atoms with Gasteiger partial charge in [-0.1, -0.05) is 23.8 Å². The minimum atomic E-state index is -0.793. The van der Waals surface area contributed by atoms with Gasteiger partial charge in [0.2, 0.25) is 5.91 Å². The monoisotopic (exact) mass is 277 g/mol. The number of hydrogen-bond acceptors (Lipinski definition) is 2. The molecule has 0 saturated heterocycles. The van der Waals surface area contributed by atoms with Crippen LogP contribution in [0.25, 0.3) is 0 Å². The summed E-state index contributed by atoms with van der Waals surface area (Å²) in [7, 11) is 0. The summed E-state index contributed by atoms with van der Waals surface area (Å²) in [5.41, 5.74) is 3.30. The van der Waals surface area contributed by atoms with Crippen molar-refractivity contribution in [3.63, 3.8) is 0 Å². The van der Waals surface area contributed by atoms with Crippen LogP contribution in [-0.4, -0.2) is 23.0 Å². The number of carbonyl (C=O) groups is 2. The lowest BCUT2D eigenvalue weighted by Crippen LogP contribution is -2.33. The van der Waals surface area contributed by atoms with Gasteiger partial charge in [-0.3, -0.25) is 9.59 Å². The molecule has 0 fully saturated rings. The van der Waals surface area contributed by atoms with Crippen molar-refractivity contribution in [3.05, 3.63) is 34.9 Å². The molecule has 1 amide bonds. The normalized spacial score (nSPS) is 11.9. The summed E-state index contributed by atoms with van der Waals surface area (Å²) in [6.07, 6.45) is 1.79. The Morgan fingerprint density at radius 1 is 1.30 bits per heavy atom. The quantitative estimate of drug-likeness (QED) is 0.805. The predicted molar refractivity (Wildman–Crippen MR) is 78.7 cm³/mol. The number of rotatable bonds is 7. The van der Waals surface area contributed by atoms with E-state index >= 15 is 0 Å². The van der Waals surface area contributed by atoms with Gasteiger partial charge in [0.25, 0.3) is 0 Å². The first kappa shape index (κ1) is 16.2. The number of benzene rings is 1. The predicted octanol–water partition coefficient (Wildman–Crippen LogP) is 2.61. The van der Waals surface area contributed by atoms with Gasteiger partial charge in [0.1, 0.15) is 0 Å². The molecular formula is C16H23NO3. The maximum Gasteiger partial charge on any atom is 0.303 e. The molecule has 1 aromatic rings. The first-order valence-corrected chi connectivity index (χ1v) is 6.95. The van der Waals surface area contributed by atoms with E-state index in [0.29, 0.717) is 19.3 Å². The minimum Gasteiger partial charge on any atom is -0.481 e. The maximum absolute atomic E-state index is 12.0. The number of carbonyl (C=O) groups excluding carboxylic acids is 1. The minimum absolute atomic E-state index is 0.00645. The van der Waals surface area contributed by atoms with E-state index in [-0.39, 0.29) is 18.4 Å². The lowest BCUT2D eigenvalue weighted by atomic mass is 10.0. The Balaban J connectivity index is 2.43. The second kappa shape index (κ2) is 7.68. The molecule has 0 spiro atoms. The average Bonchev–Trinajstić information content (AvgIpc) is 2.33. The van der Waals surface area contributed by atoms with Crippen molar-refractivity contribution in [2.24, 2.45) is 0 Å². The van der Waals surface area contributed by atoms with Crippen molar-refractivity contribution < 1.29 is 14.7 Å². The number of carboxylic acid groups (broad SMARTS) is 1. The zero-order valence-corrected chi connectivity index (χ0v) is 12.4. The molecule has 0 aromatic heterocycles. The second-order valence-corrected chi connectivity index (χ2v) is 5.36. The van der Waals surface area contributed by atoms with Gasteiger partial charge in [-0.2, -0.15) is 0 Å². The first-order valence-electron chi connectivity index (χ1n) is 6.95. The third-order valence-electron chi connectivity index (χ3n) is 3.29. The first-order chi connectivity index (χ1) is 9.38. The van der Waals surface area contributed by atoms with E-state index in [4.69, 9.17) is 5.11 Å². The van der Waals surface area contributed by atoms with Gasteiger partial charge in [-0.25, -0.2) is 0 Å². The summed E-state index contributed by atoms with van der Waals surface area (Å²) in [6, 6.07) is 6.09. The molecule has 1 rings (SSSR count). The van der Waals surface area contributed by atoms with Crippen LogP contribution in [-0.2, 0) is 16.0 Å². The van der Waals surface area contributed by atoms with Crippen molar-refractivity contribution in [3.8, 4) is 0 Å². The highest BCUT2D eigenvalue weighted by atomic mass is 16.4. The number of amides is 1. The Bertz CT molecular complexity index is 483. The number of nitrogens with one attached hydrogen (secondary N) is 1. The summed E-state index contributed by atoms with van der Waals surface area (Å²) >= 11 is 0. The molecule has 0 saturated carbocycles. The molecule has 0 aliphatic heterocycles. The van der Waals surface area contributed by atoms with E-state index in [2.05, 4.69) is 5.32 Å². The molecule has 0 bridgehead atoms. The van der Waals surface area contributed by atoms with Crippen LogP contribution in [0.1, 0.15) is 42.9 Å². The molecule has 4 heteroatoms. The Hall–Kier alpha value is -1.84. The van der Waals surface area contributed by atoms with Crippen molar-refractivity contribution in [2.75, 3.05) is 0 Å². The molecule has 0 radical (unpaired) electrons. The van der Waals surface area contributed by atoms with E-state index in [0.717, 1.165) is 16.7 Å². The topological polar surface area (TPSA) is 66.4 Å². The van der Waals surface area contributed by atoms with Crippen LogP contribution >= 0.6 is 0 Å². The Morgan fingerprint density at radius 2 is 2.00 bits per heavy atom. The van der Waals surface area contributed by atoms with Crippen LogP contribution in [0, 0.1) is 13.8 Å². The molecule has 4 nitrogen and oxygen atoms in total. The van der Waals surface area contributed by atoms with Crippen LogP contribution < -0.4 is 5.32 Å².